The number of aliphatic hydroxyl groups is 1. The van der Waals surface area contributed by atoms with Crippen molar-refractivity contribution >= 4 is 17.4 Å². The average Bonchev–Trinajstić information content (AvgIpc) is 3.14. The molecule has 19 heavy (non-hydrogen) atoms. The number of aromatic nitrogens is 1. The molecule has 0 spiro atoms. The number of carbonyl (C=O) groups excluding carboxylic acids is 1. The number of aryl methyl sites for hydroxylation is 1. The third-order valence-corrected chi connectivity index (χ3v) is 4.03. The first-order valence-electron chi connectivity index (χ1n) is 6.77. The van der Waals surface area contributed by atoms with Crippen LogP contribution in [0.2, 0.25) is 0 Å². The Morgan fingerprint density at radius 1 is 1.58 bits per heavy atom. The van der Waals surface area contributed by atoms with E-state index in [2.05, 4.69) is 10.3 Å². The first-order chi connectivity index (χ1) is 9.20. The summed E-state index contributed by atoms with van der Waals surface area (Å²) in [5, 5.41) is 12.7. The third kappa shape index (κ3) is 4.47. The van der Waals surface area contributed by atoms with E-state index in [1.807, 2.05) is 18.0 Å². The van der Waals surface area contributed by atoms with Gasteiger partial charge < -0.3 is 15.3 Å². The second-order valence-electron chi connectivity index (χ2n) is 4.88. The lowest BCUT2D eigenvalue weighted by molar-refractivity contribution is 0.190. The lowest BCUT2D eigenvalue weighted by Gasteiger charge is -2.22. The third-order valence-electron chi connectivity index (χ3n) is 3.12. The Bertz CT molecular complexity index is 418. The molecule has 2 N–H and O–H groups in total. The molecular formula is C13H21N3O2S. The molecule has 0 aromatic carbocycles. The van der Waals surface area contributed by atoms with Crippen molar-refractivity contribution in [3.8, 4) is 0 Å². The highest BCUT2D eigenvalue weighted by Crippen LogP contribution is 2.27. The number of nitrogens with one attached hydrogen (secondary N) is 1. The zero-order valence-corrected chi connectivity index (χ0v) is 12.1. The molecule has 1 aliphatic carbocycles. The first kappa shape index (κ1) is 14.3. The second-order valence-corrected chi connectivity index (χ2v) is 6.20. The molecular weight excluding hydrogens is 262 g/mol. The van der Waals surface area contributed by atoms with Crippen molar-refractivity contribution < 1.29 is 9.90 Å². The molecule has 0 saturated heterocycles. The molecule has 1 aromatic rings. The Kier molecular flexibility index (Phi) is 5.15. The van der Waals surface area contributed by atoms with Crippen molar-refractivity contribution in [1.29, 1.82) is 0 Å². The lowest BCUT2D eigenvalue weighted by atomic mass is 10.3. The second kappa shape index (κ2) is 6.86. The summed E-state index contributed by atoms with van der Waals surface area (Å²) in [6.45, 7) is 3.43. The van der Waals surface area contributed by atoms with Gasteiger partial charge in [-0.25, -0.2) is 9.78 Å². The van der Waals surface area contributed by atoms with Crippen LogP contribution in [0, 0.1) is 6.92 Å². The van der Waals surface area contributed by atoms with Crippen LogP contribution in [0.4, 0.5) is 4.79 Å². The molecule has 0 unspecified atom stereocenters. The molecule has 0 bridgehead atoms. The molecule has 6 heteroatoms. The summed E-state index contributed by atoms with van der Waals surface area (Å²) in [5.41, 5.74) is 0. The van der Waals surface area contributed by atoms with Gasteiger partial charge in [0.15, 0.2) is 0 Å². The summed E-state index contributed by atoms with van der Waals surface area (Å²) < 4.78 is 0. The largest absolute Gasteiger partial charge is 0.396 e. The van der Waals surface area contributed by atoms with E-state index in [1.54, 1.807) is 11.3 Å². The quantitative estimate of drug-likeness (QED) is 0.751. The van der Waals surface area contributed by atoms with Crippen LogP contribution < -0.4 is 5.32 Å². The number of nitrogens with zero attached hydrogens (tertiary/aromatic N) is 2. The van der Waals surface area contributed by atoms with Crippen LogP contribution in [0.25, 0.3) is 0 Å². The van der Waals surface area contributed by atoms with Gasteiger partial charge in [0, 0.05) is 30.3 Å². The highest BCUT2D eigenvalue weighted by atomic mass is 32.1. The summed E-state index contributed by atoms with van der Waals surface area (Å²) in [6.07, 6.45) is 5.64. The van der Waals surface area contributed by atoms with Crippen LogP contribution in [0.1, 0.15) is 35.6 Å². The summed E-state index contributed by atoms with van der Waals surface area (Å²) in [6, 6.07) is 0.394. The Morgan fingerprint density at radius 2 is 2.37 bits per heavy atom. The normalized spacial score (nSPS) is 14.4. The van der Waals surface area contributed by atoms with Crippen molar-refractivity contribution in [3.05, 3.63) is 16.1 Å². The fraction of sp³-hybridized carbons (Fsp3) is 0.692. The van der Waals surface area contributed by atoms with Crippen LogP contribution in [0.3, 0.4) is 0 Å². The van der Waals surface area contributed by atoms with Gasteiger partial charge in [-0.3, -0.25) is 0 Å². The van der Waals surface area contributed by atoms with Gasteiger partial charge in [0.2, 0.25) is 0 Å². The van der Waals surface area contributed by atoms with E-state index in [4.69, 9.17) is 5.11 Å². The molecule has 2 rings (SSSR count). The van der Waals surface area contributed by atoms with Crippen molar-refractivity contribution in [2.75, 3.05) is 13.2 Å². The highest BCUT2D eigenvalue weighted by molar-refractivity contribution is 7.11. The van der Waals surface area contributed by atoms with E-state index >= 15 is 0 Å². The van der Waals surface area contributed by atoms with Gasteiger partial charge in [-0.2, -0.15) is 0 Å². The minimum absolute atomic E-state index is 0.00621. The van der Waals surface area contributed by atoms with Crippen LogP contribution in [-0.2, 0) is 6.54 Å². The number of hydrogen-bond acceptors (Lipinski definition) is 4. The monoisotopic (exact) mass is 283 g/mol. The molecule has 1 fully saturated rings. The number of carbonyl (C=O) groups is 1. The molecule has 106 valence electrons. The molecule has 1 aromatic heterocycles. The van der Waals surface area contributed by atoms with E-state index in [-0.39, 0.29) is 12.6 Å². The minimum atomic E-state index is -0.00621. The predicted octanol–water partition coefficient (Wildman–Crippen LogP) is 1.90. The number of urea groups is 1. The maximum atomic E-state index is 12.1. The van der Waals surface area contributed by atoms with Gasteiger partial charge in [-0.1, -0.05) is 0 Å². The number of amides is 2. The lowest BCUT2D eigenvalue weighted by Crippen LogP contribution is -2.41. The van der Waals surface area contributed by atoms with Gasteiger partial charge in [-0.15, -0.1) is 11.3 Å². The standard InChI is InChI=1S/C13H21N3O2S/c1-10-8-14-12(19-10)9-15-13(18)16(11-4-5-11)6-2-3-7-17/h8,11,17H,2-7,9H2,1H3,(H,15,18). The number of unbranched alkanes of at least 4 members (excludes halogenated alkanes) is 1. The number of hydrogen-bond donors (Lipinski definition) is 2. The van der Waals surface area contributed by atoms with E-state index in [0.29, 0.717) is 12.6 Å². The molecule has 2 amide bonds. The molecule has 0 atom stereocenters. The Morgan fingerprint density at radius 3 is 2.95 bits per heavy atom. The molecule has 5 nitrogen and oxygen atoms in total. The van der Waals surface area contributed by atoms with Gasteiger partial charge in [-0.05, 0) is 32.6 Å². The van der Waals surface area contributed by atoms with Crippen molar-refractivity contribution in [2.24, 2.45) is 0 Å². The summed E-state index contributed by atoms with van der Waals surface area (Å²) in [4.78, 5) is 19.4. The van der Waals surface area contributed by atoms with Crippen LogP contribution in [0.5, 0.6) is 0 Å². The fourth-order valence-corrected chi connectivity index (χ4v) is 2.69. The van der Waals surface area contributed by atoms with Crippen LogP contribution in [0.15, 0.2) is 6.20 Å². The smallest absolute Gasteiger partial charge is 0.317 e. The molecule has 1 saturated carbocycles. The van der Waals surface area contributed by atoms with Gasteiger partial charge in [0.25, 0.3) is 0 Å². The topological polar surface area (TPSA) is 65.5 Å². The molecule has 0 aliphatic heterocycles. The van der Waals surface area contributed by atoms with Gasteiger partial charge in [0.05, 0.1) is 6.54 Å². The maximum absolute atomic E-state index is 12.1. The van der Waals surface area contributed by atoms with Gasteiger partial charge >= 0.3 is 6.03 Å². The SMILES string of the molecule is Cc1cnc(CNC(=O)N(CCCCO)C2CC2)s1. The predicted molar refractivity (Wildman–Crippen MR) is 75.1 cm³/mol. The number of rotatable bonds is 7. The molecule has 0 radical (unpaired) electrons. The Hall–Kier alpha value is -1.14. The zero-order valence-electron chi connectivity index (χ0n) is 11.3. The average molecular weight is 283 g/mol. The first-order valence-corrected chi connectivity index (χ1v) is 7.59. The minimum Gasteiger partial charge on any atom is -0.396 e. The fourth-order valence-electron chi connectivity index (χ4n) is 1.97. The van der Waals surface area contributed by atoms with Crippen molar-refractivity contribution in [1.82, 2.24) is 15.2 Å². The number of thiazole rings is 1. The maximum Gasteiger partial charge on any atom is 0.317 e. The Balaban J connectivity index is 1.78. The summed E-state index contributed by atoms with van der Waals surface area (Å²) in [7, 11) is 0. The van der Waals surface area contributed by atoms with Gasteiger partial charge in [0.1, 0.15) is 5.01 Å². The molecule has 1 aliphatic rings. The van der Waals surface area contributed by atoms with E-state index in [9.17, 15) is 4.79 Å². The van der Waals surface area contributed by atoms with Crippen molar-refractivity contribution in [3.63, 3.8) is 0 Å². The van der Waals surface area contributed by atoms with E-state index in [0.717, 1.165) is 42.1 Å². The zero-order chi connectivity index (χ0) is 13.7. The summed E-state index contributed by atoms with van der Waals surface area (Å²) >= 11 is 1.61. The van der Waals surface area contributed by atoms with E-state index in [1.165, 1.54) is 0 Å². The van der Waals surface area contributed by atoms with Crippen molar-refractivity contribution in [2.45, 2.75) is 45.2 Å². The van der Waals surface area contributed by atoms with E-state index < -0.39 is 0 Å². The highest BCUT2D eigenvalue weighted by Gasteiger charge is 2.31. The number of aliphatic hydroxyl groups excluding tert-OH is 1. The van der Waals surface area contributed by atoms with Crippen LogP contribution in [-0.4, -0.2) is 40.2 Å². The molecule has 1 heterocycles. The summed E-state index contributed by atoms with van der Waals surface area (Å²) in [5.74, 6) is 0. The van der Waals surface area contributed by atoms with Crippen LogP contribution >= 0.6 is 11.3 Å². The Labute approximate surface area is 117 Å².